The molecule has 8 nitrogen and oxygen atoms in total. The second-order valence-corrected chi connectivity index (χ2v) is 7.01. The first kappa shape index (κ1) is 21.2. The molecule has 0 spiro atoms. The summed E-state index contributed by atoms with van der Waals surface area (Å²) in [6.45, 7) is 3.47. The second kappa shape index (κ2) is 10.9. The number of thioether (sulfide) groups is 1. The molecule has 2 N–H and O–H groups in total. The van der Waals surface area contributed by atoms with E-state index in [4.69, 9.17) is 19.4 Å². The maximum atomic E-state index is 9.00. The smallest absolute Gasteiger partial charge is 0.300 e. The molecule has 1 unspecified atom stereocenters. The highest BCUT2D eigenvalue weighted by atomic mass is 32.2. The predicted molar refractivity (Wildman–Crippen MR) is 104 cm³/mol. The number of hydrogen-bond acceptors (Lipinski definition) is 7. The summed E-state index contributed by atoms with van der Waals surface area (Å²) in [7, 11) is 3.59. The highest BCUT2D eigenvalue weighted by Gasteiger charge is 2.19. The molecular weight excluding hydrogens is 368 g/mol. The van der Waals surface area contributed by atoms with Crippen LogP contribution in [0.2, 0.25) is 0 Å². The summed E-state index contributed by atoms with van der Waals surface area (Å²) in [5.41, 5.74) is 1.02. The molecule has 148 valence electrons. The molecule has 1 saturated heterocycles. The molecule has 1 fully saturated rings. The fourth-order valence-electron chi connectivity index (χ4n) is 2.58. The first-order valence-corrected chi connectivity index (χ1v) is 9.67. The monoisotopic (exact) mass is 394 g/mol. The van der Waals surface area contributed by atoms with E-state index in [1.165, 1.54) is 0 Å². The minimum absolute atomic E-state index is 0.600. The SMILES string of the molecule is CC(=O)O.CNCc1nnc(SCC2CCOC2)n1-c1cccc(OC)c1. The number of hydrogen-bond donors (Lipinski definition) is 2. The molecule has 0 bridgehead atoms. The van der Waals surface area contributed by atoms with Gasteiger partial charge in [-0.25, -0.2) is 0 Å². The summed E-state index contributed by atoms with van der Waals surface area (Å²) < 4.78 is 12.9. The van der Waals surface area contributed by atoms with E-state index < -0.39 is 5.97 Å². The summed E-state index contributed by atoms with van der Waals surface area (Å²) in [5.74, 6) is 2.49. The van der Waals surface area contributed by atoms with E-state index in [-0.39, 0.29) is 0 Å². The molecule has 1 aromatic heterocycles. The number of carbonyl (C=O) groups is 1. The number of nitrogens with one attached hydrogen (secondary N) is 1. The number of methoxy groups -OCH3 is 1. The van der Waals surface area contributed by atoms with Crippen molar-refractivity contribution in [2.45, 2.75) is 25.0 Å². The van der Waals surface area contributed by atoms with Crippen LogP contribution in [0.15, 0.2) is 29.4 Å². The molecule has 27 heavy (non-hydrogen) atoms. The van der Waals surface area contributed by atoms with Crippen LogP contribution in [0.3, 0.4) is 0 Å². The summed E-state index contributed by atoms with van der Waals surface area (Å²) in [4.78, 5) is 9.00. The van der Waals surface area contributed by atoms with Crippen LogP contribution in [-0.4, -0.2) is 59.0 Å². The van der Waals surface area contributed by atoms with Crippen molar-refractivity contribution >= 4 is 17.7 Å². The molecule has 9 heteroatoms. The third-order valence-electron chi connectivity index (χ3n) is 3.82. The van der Waals surface area contributed by atoms with Gasteiger partial charge in [0.2, 0.25) is 0 Å². The maximum Gasteiger partial charge on any atom is 0.300 e. The van der Waals surface area contributed by atoms with E-state index in [1.54, 1.807) is 18.9 Å². The Morgan fingerprint density at radius 2 is 2.26 bits per heavy atom. The molecule has 0 aliphatic carbocycles. The normalized spacial score (nSPS) is 15.9. The van der Waals surface area contributed by atoms with Crippen molar-refractivity contribution < 1.29 is 19.4 Å². The zero-order valence-electron chi connectivity index (χ0n) is 15.8. The molecule has 1 aromatic carbocycles. The van der Waals surface area contributed by atoms with E-state index in [0.29, 0.717) is 12.5 Å². The summed E-state index contributed by atoms with van der Waals surface area (Å²) in [6.07, 6.45) is 1.13. The quantitative estimate of drug-likeness (QED) is 0.690. The number of nitrogens with zero attached hydrogens (tertiary/aromatic N) is 3. The zero-order chi connectivity index (χ0) is 19.6. The average molecular weight is 394 g/mol. The Bertz CT molecular complexity index is 728. The number of ether oxygens (including phenoxy) is 2. The highest BCUT2D eigenvalue weighted by molar-refractivity contribution is 7.99. The largest absolute Gasteiger partial charge is 0.497 e. The molecule has 1 aliphatic heterocycles. The van der Waals surface area contributed by atoms with Gasteiger partial charge in [0, 0.05) is 25.3 Å². The topological polar surface area (TPSA) is 98.5 Å². The van der Waals surface area contributed by atoms with Gasteiger partial charge in [-0.1, -0.05) is 17.8 Å². The Morgan fingerprint density at radius 3 is 2.89 bits per heavy atom. The van der Waals surface area contributed by atoms with E-state index in [2.05, 4.69) is 20.1 Å². The molecule has 0 radical (unpaired) electrons. The van der Waals surface area contributed by atoms with Crippen molar-refractivity contribution in [1.29, 1.82) is 0 Å². The number of benzene rings is 1. The molecule has 2 aromatic rings. The number of carboxylic acid groups (broad SMARTS) is 1. The van der Waals surface area contributed by atoms with Gasteiger partial charge in [-0.05, 0) is 31.5 Å². The van der Waals surface area contributed by atoms with E-state index >= 15 is 0 Å². The van der Waals surface area contributed by atoms with Crippen LogP contribution in [0.4, 0.5) is 0 Å². The average Bonchev–Trinajstić information content (AvgIpc) is 3.29. The predicted octanol–water partition coefficient (Wildman–Crippen LogP) is 2.21. The Labute approximate surface area is 163 Å². The lowest BCUT2D eigenvalue weighted by atomic mass is 10.2. The van der Waals surface area contributed by atoms with Crippen molar-refractivity contribution in [1.82, 2.24) is 20.1 Å². The van der Waals surface area contributed by atoms with Gasteiger partial charge in [-0.3, -0.25) is 9.36 Å². The Morgan fingerprint density at radius 1 is 1.48 bits per heavy atom. The molecule has 2 heterocycles. The number of aromatic nitrogens is 3. The van der Waals surface area contributed by atoms with Crippen LogP contribution in [-0.2, 0) is 16.1 Å². The van der Waals surface area contributed by atoms with Gasteiger partial charge in [-0.2, -0.15) is 0 Å². The number of aliphatic carboxylic acids is 1. The van der Waals surface area contributed by atoms with Gasteiger partial charge in [0.15, 0.2) is 11.0 Å². The molecule has 1 aliphatic rings. The van der Waals surface area contributed by atoms with Gasteiger partial charge in [-0.15, -0.1) is 10.2 Å². The van der Waals surface area contributed by atoms with E-state index in [1.807, 2.05) is 31.3 Å². The summed E-state index contributed by atoms with van der Waals surface area (Å²) in [6, 6.07) is 7.98. The fraction of sp³-hybridized carbons (Fsp3) is 0.500. The summed E-state index contributed by atoms with van der Waals surface area (Å²) in [5, 5.41) is 20.2. The lowest BCUT2D eigenvalue weighted by Crippen LogP contribution is -2.12. The standard InChI is InChI=1S/C16H22N4O2S.C2H4O2/c1-17-9-15-18-19-16(23-11-12-6-7-22-10-12)20(15)13-4-3-5-14(8-13)21-2;1-2(3)4/h3-5,8,12,17H,6-7,9-11H2,1-2H3;1H3,(H,3,4). The van der Waals surface area contributed by atoms with Crippen molar-refractivity contribution in [3.63, 3.8) is 0 Å². The highest BCUT2D eigenvalue weighted by Crippen LogP contribution is 2.27. The zero-order valence-corrected chi connectivity index (χ0v) is 16.7. The fourth-order valence-corrected chi connectivity index (χ4v) is 3.67. The van der Waals surface area contributed by atoms with Gasteiger partial charge < -0.3 is 19.9 Å². The lowest BCUT2D eigenvalue weighted by Gasteiger charge is -2.12. The van der Waals surface area contributed by atoms with Crippen LogP contribution in [0.5, 0.6) is 5.75 Å². The van der Waals surface area contributed by atoms with Crippen LogP contribution in [0.25, 0.3) is 5.69 Å². The lowest BCUT2D eigenvalue weighted by molar-refractivity contribution is -0.134. The molecule has 1 atom stereocenters. The van der Waals surface area contributed by atoms with Crippen molar-refractivity contribution in [3.05, 3.63) is 30.1 Å². The number of carboxylic acids is 1. The van der Waals surface area contributed by atoms with Crippen LogP contribution in [0, 0.1) is 5.92 Å². The summed E-state index contributed by atoms with van der Waals surface area (Å²) >= 11 is 1.74. The van der Waals surface area contributed by atoms with Crippen molar-refractivity contribution in [3.8, 4) is 11.4 Å². The van der Waals surface area contributed by atoms with Gasteiger partial charge in [0.05, 0.1) is 25.9 Å². The van der Waals surface area contributed by atoms with Crippen LogP contribution >= 0.6 is 11.8 Å². The van der Waals surface area contributed by atoms with Crippen molar-refractivity contribution in [2.75, 3.05) is 33.1 Å². The Kier molecular flexibility index (Phi) is 8.56. The minimum atomic E-state index is -0.833. The van der Waals surface area contributed by atoms with Gasteiger partial charge in [0.25, 0.3) is 5.97 Å². The Balaban J connectivity index is 0.000000596. The Hall–Kier alpha value is -2.10. The third kappa shape index (κ3) is 6.53. The maximum absolute atomic E-state index is 9.00. The minimum Gasteiger partial charge on any atom is -0.497 e. The first-order chi connectivity index (χ1) is 13.0. The molecular formula is C18H26N4O4S. The van der Waals surface area contributed by atoms with E-state index in [9.17, 15) is 0 Å². The first-order valence-electron chi connectivity index (χ1n) is 8.68. The number of rotatable bonds is 7. The van der Waals surface area contributed by atoms with Crippen LogP contribution in [0.1, 0.15) is 19.2 Å². The van der Waals surface area contributed by atoms with Crippen molar-refractivity contribution in [2.24, 2.45) is 5.92 Å². The van der Waals surface area contributed by atoms with E-state index in [0.717, 1.165) is 54.7 Å². The van der Waals surface area contributed by atoms with Gasteiger partial charge >= 0.3 is 0 Å². The van der Waals surface area contributed by atoms with Gasteiger partial charge in [0.1, 0.15) is 5.75 Å². The molecule has 3 rings (SSSR count). The second-order valence-electron chi connectivity index (χ2n) is 6.03. The third-order valence-corrected chi connectivity index (χ3v) is 4.98. The van der Waals surface area contributed by atoms with Crippen LogP contribution < -0.4 is 10.1 Å². The molecule has 0 amide bonds. The molecule has 0 saturated carbocycles.